The average molecular weight is 186 g/mol. The van der Waals surface area contributed by atoms with Crippen LogP contribution in [0.5, 0.6) is 0 Å². The Balaban J connectivity index is 3.04. The van der Waals surface area contributed by atoms with Gasteiger partial charge in [-0.3, -0.25) is 0 Å². The van der Waals surface area contributed by atoms with E-state index in [9.17, 15) is 8.78 Å². The van der Waals surface area contributed by atoms with E-state index in [0.717, 1.165) is 18.2 Å². The van der Waals surface area contributed by atoms with E-state index in [1.807, 2.05) is 0 Å². The molecular formula is C8H9BF2O2. The predicted molar refractivity (Wildman–Crippen MR) is 45.8 cm³/mol. The summed E-state index contributed by atoms with van der Waals surface area (Å²) < 4.78 is 25.8. The third-order valence-corrected chi connectivity index (χ3v) is 1.75. The Morgan fingerprint density at radius 3 is 2.46 bits per heavy atom. The second-order valence-corrected chi connectivity index (χ2v) is 2.89. The molecule has 1 unspecified atom stereocenters. The molecule has 5 heteroatoms. The molecule has 0 saturated heterocycles. The molecule has 0 spiro atoms. The average Bonchev–Trinajstić information content (AvgIpc) is 2.12. The van der Waals surface area contributed by atoms with Gasteiger partial charge < -0.3 is 10.0 Å². The van der Waals surface area contributed by atoms with Crippen LogP contribution in [-0.4, -0.2) is 17.2 Å². The van der Waals surface area contributed by atoms with E-state index in [2.05, 4.69) is 0 Å². The fourth-order valence-corrected chi connectivity index (χ4v) is 1.01. The van der Waals surface area contributed by atoms with Crippen molar-refractivity contribution < 1.29 is 18.8 Å². The molecule has 0 bridgehead atoms. The minimum absolute atomic E-state index is 0.185. The monoisotopic (exact) mass is 186 g/mol. The Morgan fingerprint density at radius 2 is 1.92 bits per heavy atom. The summed E-state index contributed by atoms with van der Waals surface area (Å²) in [6, 6.07) is 0. The van der Waals surface area contributed by atoms with Crippen LogP contribution >= 0.6 is 0 Å². The highest BCUT2D eigenvalue weighted by Crippen LogP contribution is 2.23. The standard InChI is InChI=1S/C8H9BF2O2/c1-5-2-7(10)3-6(9(12)13)4-8(5)11/h2-5,12-13H,1H3. The van der Waals surface area contributed by atoms with Gasteiger partial charge in [0.05, 0.1) is 0 Å². The Bertz CT molecular complexity index is 295. The number of rotatable bonds is 1. The van der Waals surface area contributed by atoms with Gasteiger partial charge in [-0.15, -0.1) is 0 Å². The molecule has 0 heterocycles. The highest BCUT2D eigenvalue weighted by Gasteiger charge is 2.19. The second-order valence-electron chi connectivity index (χ2n) is 2.89. The van der Waals surface area contributed by atoms with E-state index in [1.165, 1.54) is 6.92 Å². The van der Waals surface area contributed by atoms with Crippen molar-refractivity contribution in [2.45, 2.75) is 6.92 Å². The maximum absolute atomic E-state index is 13.0. The van der Waals surface area contributed by atoms with Gasteiger partial charge in [-0.1, -0.05) is 6.92 Å². The van der Waals surface area contributed by atoms with Gasteiger partial charge in [-0.25, -0.2) is 8.78 Å². The van der Waals surface area contributed by atoms with E-state index in [4.69, 9.17) is 10.0 Å². The second kappa shape index (κ2) is 3.85. The molecular weight excluding hydrogens is 177 g/mol. The SMILES string of the molecule is CC1C=C(F)C=C(B(O)O)C=C1F. The summed E-state index contributed by atoms with van der Waals surface area (Å²) in [6.07, 6.45) is 2.90. The predicted octanol–water partition coefficient (Wildman–Crippen LogP) is 1.28. The molecule has 0 radical (unpaired) electrons. The van der Waals surface area contributed by atoms with Crippen molar-refractivity contribution in [2.75, 3.05) is 0 Å². The molecule has 0 saturated carbocycles. The van der Waals surface area contributed by atoms with Gasteiger partial charge in [0, 0.05) is 5.92 Å². The molecule has 0 aromatic carbocycles. The Labute approximate surface area is 75.0 Å². The van der Waals surface area contributed by atoms with E-state index in [-0.39, 0.29) is 5.47 Å². The van der Waals surface area contributed by atoms with Crippen LogP contribution in [0, 0.1) is 5.92 Å². The Hall–Kier alpha value is -0.935. The van der Waals surface area contributed by atoms with E-state index >= 15 is 0 Å². The van der Waals surface area contributed by atoms with Crippen molar-refractivity contribution in [1.82, 2.24) is 0 Å². The van der Waals surface area contributed by atoms with Crippen LogP contribution in [0.3, 0.4) is 0 Å². The van der Waals surface area contributed by atoms with Crippen molar-refractivity contribution >= 4 is 7.12 Å². The van der Waals surface area contributed by atoms with Crippen LogP contribution < -0.4 is 0 Å². The first-order valence-electron chi connectivity index (χ1n) is 3.83. The summed E-state index contributed by atoms with van der Waals surface area (Å²) in [4.78, 5) is 0. The first kappa shape index (κ1) is 10.1. The van der Waals surface area contributed by atoms with Gasteiger partial charge in [0.15, 0.2) is 0 Å². The van der Waals surface area contributed by atoms with Gasteiger partial charge in [-0.2, -0.15) is 0 Å². The molecule has 1 atom stereocenters. The van der Waals surface area contributed by atoms with E-state index in [0.29, 0.717) is 0 Å². The van der Waals surface area contributed by atoms with Crippen molar-refractivity contribution in [3.05, 3.63) is 35.4 Å². The number of hydrogen-bond donors (Lipinski definition) is 2. The Morgan fingerprint density at radius 1 is 1.31 bits per heavy atom. The molecule has 1 rings (SSSR count). The van der Waals surface area contributed by atoms with Gasteiger partial charge >= 0.3 is 7.12 Å². The summed E-state index contributed by atoms with van der Waals surface area (Å²) in [6.45, 7) is 1.48. The minimum Gasteiger partial charge on any atom is -0.423 e. The third kappa shape index (κ3) is 2.50. The normalized spacial score (nSPS) is 22.8. The zero-order valence-electron chi connectivity index (χ0n) is 7.04. The molecule has 2 N–H and O–H groups in total. The molecule has 0 aromatic rings. The van der Waals surface area contributed by atoms with E-state index < -0.39 is 24.7 Å². The lowest BCUT2D eigenvalue weighted by molar-refractivity contribution is 0.420. The lowest BCUT2D eigenvalue weighted by atomic mass is 9.79. The highest BCUT2D eigenvalue weighted by molar-refractivity contribution is 6.51. The first-order chi connectivity index (χ1) is 6.00. The van der Waals surface area contributed by atoms with Crippen molar-refractivity contribution in [1.29, 1.82) is 0 Å². The van der Waals surface area contributed by atoms with Crippen LogP contribution in [0.4, 0.5) is 8.78 Å². The largest absolute Gasteiger partial charge is 0.488 e. The van der Waals surface area contributed by atoms with Gasteiger partial charge in [0.1, 0.15) is 11.7 Å². The smallest absolute Gasteiger partial charge is 0.423 e. The highest BCUT2D eigenvalue weighted by atomic mass is 19.1. The van der Waals surface area contributed by atoms with Crippen molar-refractivity contribution in [3.63, 3.8) is 0 Å². The summed E-state index contributed by atoms with van der Waals surface area (Å²) >= 11 is 0. The minimum atomic E-state index is -1.85. The molecule has 70 valence electrons. The molecule has 1 aliphatic carbocycles. The Kier molecular flexibility index (Phi) is 3.00. The van der Waals surface area contributed by atoms with Crippen LogP contribution in [0.1, 0.15) is 6.92 Å². The lowest BCUT2D eigenvalue weighted by Crippen LogP contribution is -2.14. The molecule has 13 heavy (non-hydrogen) atoms. The molecule has 0 fully saturated rings. The zero-order chi connectivity index (χ0) is 10.0. The van der Waals surface area contributed by atoms with Gasteiger partial charge in [0.2, 0.25) is 0 Å². The quantitative estimate of drug-likeness (QED) is 0.605. The third-order valence-electron chi connectivity index (χ3n) is 1.75. The van der Waals surface area contributed by atoms with Crippen molar-refractivity contribution in [3.8, 4) is 0 Å². The summed E-state index contributed by atoms with van der Waals surface area (Å²) in [7, 11) is -1.85. The van der Waals surface area contributed by atoms with E-state index in [1.54, 1.807) is 0 Å². The molecule has 0 aliphatic heterocycles. The topological polar surface area (TPSA) is 40.5 Å². The zero-order valence-corrected chi connectivity index (χ0v) is 7.04. The van der Waals surface area contributed by atoms with Gasteiger partial charge in [-0.05, 0) is 23.7 Å². The molecule has 2 nitrogen and oxygen atoms in total. The van der Waals surface area contributed by atoms with Crippen LogP contribution in [0.25, 0.3) is 0 Å². The van der Waals surface area contributed by atoms with Crippen LogP contribution in [0.15, 0.2) is 35.4 Å². The first-order valence-corrected chi connectivity index (χ1v) is 3.83. The fourth-order valence-electron chi connectivity index (χ4n) is 1.01. The lowest BCUT2D eigenvalue weighted by Gasteiger charge is -2.00. The van der Waals surface area contributed by atoms with Gasteiger partial charge in [0.25, 0.3) is 0 Å². The molecule has 0 amide bonds. The maximum Gasteiger partial charge on any atom is 0.488 e. The number of halogens is 2. The molecule has 0 aromatic heterocycles. The van der Waals surface area contributed by atoms with Crippen molar-refractivity contribution in [2.24, 2.45) is 5.92 Å². The molecule has 1 aliphatic rings. The van der Waals surface area contributed by atoms with Crippen LogP contribution in [0.2, 0.25) is 0 Å². The summed E-state index contributed by atoms with van der Waals surface area (Å²) in [5.74, 6) is -1.93. The number of hydrogen-bond acceptors (Lipinski definition) is 2. The summed E-state index contributed by atoms with van der Waals surface area (Å²) in [5, 5.41) is 17.4. The van der Waals surface area contributed by atoms with Crippen LogP contribution in [-0.2, 0) is 0 Å². The fraction of sp³-hybridized carbons (Fsp3) is 0.250. The maximum atomic E-state index is 13.0. The summed E-state index contributed by atoms with van der Waals surface area (Å²) in [5.41, 5.74) is -0.185. The number of allylic oxidation sites excluding steroid dienone is 6.